The predicted octanol–water partition coefficient (Wildman–Crippen LogP) is 0.962. The quantitative estimate of drug-likeness (QED) is 0.785. The van der Waals surface area contributed by atoms with Crippen molar-refractivity contribution in [2.24, 2.45) is 4.99 Å². The lowest BCUT2D eigenvalue weighted by Crippen LogP contribution is -2.48. The Kier molecular flexibility index (Phi) is 3.30. The van der Waals surface area contributed by atoms with Gasteiger partial charge in [-0.2, -0.15) is 0 Å². The summed E-state index contributed by atoms with van der Waals surface area (Å²) in [4.78, 5) is 9.14. The molecular formula is C14H20N4. The number of hydrogen-bond donors (Lipinski definition) is 1. The zero-order valence-electron chi connectivity index (χ0n) is 10.8. The molecule has 0 aromatic rings. The van der Waals surface area contributed by atoms with E-state index in [9.17, 15) is 0 Å². The molecule has 96 valence electrons. The first kappa shape index (κ1) is 11.7. The number of hydrogen-bond acceptors (Lipinski definition) is 4. The Hall–Kier alpha value is -1.39. The van der Waals surface area contributed by atoms with E-state index in [0.29, 0.717) is 6.04 Å². The standard InChI is InChI=1S/C14H20N4/c1-12(17-9-5-15-6-10-17)13-3-8-18-7-2-4-16-14(18)11-13/h2-3,7-8,11-12,15H,4-6,9-10H2,1H3. The fourth-order valence-electron chi connectivity index (χ4n) is 2.61. The van der Waals surface area contributed by atoms with Crippen LogP contribution in [0.5, 0.6) is 0 Å². The Balaban J connectivity index is 1.74. The number of nitrogens with one attached hydrogen (secondary N) is 1. The van der Waals surface area contributed by atoms with Crippen molar-refractivity contribution < 1.29 is 0 Å². The summed E-state index contributed by atoms with van der Waals surface area (Å²) in [5, 5.41) is 3.40. The monoisotopic (exact) mass is 244 g/mol. The van der Waals surface area contributed by atoms with Crippen LogP contribution in [0.3, 0.4) is 0 Å². The van der Waals surface area contributed by atoms with Crippen molar-refractivity contribution in [2.45, 2.75) is 13.0 Å². The third-order valence-electron chi connectivity index (χ3n) is 3.79. The van der Waals surface area contributed by atoms with Gasteiger partial charge in [0, 0.05) is 44.6 Å². The highest BCUT2D eigenvalue weighted by Gasteiger charge is 2.21. The lowest BCUT2D eigenvalue weighted by atomic mass is 10.0. The topological polar surface area (TPSA) is 30.9 Å². The highest BCUT2D eigenvalue weighted by molar-refractivity contribution is 5.97. The van der Waals surface area contributed by atoms with E-state index in [0.717, 1.165) is 38.6 Å². The second-order valence-corrected chi connectivity index (χ2v) is 4.91. The normalized spacial score (nSPS) is 25.5. The smallest absolute Gasteiger partial charge is 0.132 e. The average Bonchev–Trinajstić information content (AvgIpc) is 2.47. The molecule has 18 heavy (non-hydrogen) atoms. The van der Waals surface area contributed by atoms with Crippen LogP contribution >= 0.6 is 0 Å². The molecule has 0 bridgehead atoms. The molecule has 3 aliphatic rings. The molecule has 4 heteroatoms. The minimum Gasteiger partial charge on any atom is -0.314 e. The van der Waals surface area contributed by atoms with E-state index in [4.69, 9.17) is 0 Å². The number of nitrogens with zero attached hydrogens (tertiary/aromatic N) is 3. The van der Waals surface area contributed by atoms with Gasteiger partial charge >= 0.3 is 0 Å². The Labute approximate surface area is 108 Å². The maximum absolute atomic E-state index is 4.53. The van der Waals surface area contributed by atoms with Gasteiger partial charge in [-0.1, -0.05) is 0 Å². The lowest BCUT2D eigenvalue weighted by molar-refractivity contribution is 0.207. The molecule has 1 unspecified atom stereocenters. The molecule has 3 rings (SSSR count). The molecule has 0 spiro atoms. The van der Waals surface area contributed by atoms with Gasteiger partial charge in [0.25, 0.3) is 0 Å². The highest BCUT2D eigenvalue weighted by Crippen LogP contribution is 2.19. The van der Waals surface area contributed by atoms with E-state index in [-0.39, 0.29) is 0 Å². The summed E-state index contributed by atoms with van der Waals surface area (Å²) >= 11 is 0. The lowest BCUT2D eigenvalue weighted by Gasteiger charge is -2.35. The number of fused-ring (bicyclic) bond motifs is 1. The molecule has 1 saturated heterocycles. The first-order chi connectivity index (χ1) is 8.84. The van der Waals surface area contributed by atoms with Gasteiger partial charge in [-0.25, -0.2) is 0 Å². The van der Waals surface area contributed by atoms with Gasteiger partial charge in [0.1, 0.15) is 5.84 Å². The van der Waals surface area contributed by atoms with E-state index in [1.807, 2.05) is 0 Å². The molecular weight excluding hydrogens is 224 g/mol. The Morgan fingerprint density at radius 3 is 2.94 bits per heavy atom. The van der Waals surface area contributed by atoms with Crippen LogP contribution in [0.15, 0.2) is 41.2 Å². The van der Waals surface area contributed by atoms with Crippen LogP contribution in [0.4, 0.5) is 0 Å². The first-order valence-corrected chi connectivity index (χ1v) is 6.68. The molecule has 0 aromatic carbocycles. The zero-order chi connectivity index (χ0) is 12.4. The summed E-state index contributed by atoms with van der Waals surface area (Å²) in [5.41, 5.74) is 1.36. The molecule has 1 fully saturated rings. The summed E-state index contributed by atoms with van der Waals surface area (Å²) in [6.45, 7) is 7.53. The maximum Gasteiger partial charge on any atom is 0.132 e. The Morgan fingerprint density at radius 2 is 2.11 bits per heavy atom. The Bertz CT molecular complexity index is 427. The van der Waals surface area contributed by atoms with E-state index >= 15 is 0 Å². The van der Waals surface area contributed by atoms with E-state index in [2.05, 4.69) is 57.7 Å². The summed E-state index contributed by atoms with van der Waals surface area (Å²) in [6.07, 6.45) is 10.7. The van der Waals surface area contributed by atoms with Crippen LogP contribution in [0.25, 0.3) is 0 Å². The van der Waals surface area contributed by atoms with Crippen molar-refractivity contribution >= 4 is 5.84 Å². The molecule has 3 aliphatic heterocycles. The van der Waals surface area contributed by atoms with Gasteiger partial charge in [0.05, 0.1) is 6.54 Å². The van der Waals surface area contributed by atoms with Crippen LogP contribution in [0.2, 0.25) is 0 Å². The third-order valence-corrected chi connectivity index (χ3v) is 3.79. The van der Waals surface area contributed by atoms with Crippen LogP contribution in [-0.4, -0.2) is 54.4 Å². The fourth-order valence-corrected chi connectivity index (χ4v) is 2.61. The third kappa shape index (κ3) is 2.26. The van der Waals surface area contributed by atoms with E-state index < -0.39 is 0 Å². The van der Waals surface area contributed by atoms with Crippen molar-refractivity contribution in [1.29, 1.82) is 0 Å². The summed E-state index contributed by atoms with van der Waals surface area (Å²) < 4.78 is 0. The van der Waals surface area contributed by atoms with Crippen LogP contribution < -0.4 is 5.32 Å². The maximum atomic E-state index is 4.53. The van der Waals surface area contributed by atoms with Crippen molar-refractivity contribution in [1.82, 2.24) is 15.1 Å². The molecule has 3 heterocycles. The second-order valence-electron chi connectivity index (χ2n) is 4.91. The van der Waals surface area contributed by atoms with Crippen LogP contribution in [0.1, 0.15) is 6.92 Å². The van der Waals surface area contributed by atoms with Crippen molar-refractivity contribution in [3.63, 3.8) is 0 Å². The minimum absolute atomic E-state index is 0.471. The second kappa shape index (κ2) is 5.08. The van der Waals surface area contributed by atoms with Crippen molar-refractivity contribution in [2.75, 3.05) is 32.7 Å². The molecule has 1 atom stereocenters. The molecule has 0 saturated carbocycles. The van der Waals surface area contributed by atoms with Crippen LogP contribution in [0, 0.1) is 0 Å². The van der Waals surface area contributed by atoms with Gasteiger partial charge in [0.15, 0.2) is 0 Å². The van der Waals surface area contributed by atoms with Crippen LogP contribution in [-0.2, 0) is 0 Å². The molecule has 0 radical (unpaired) electrons. The summed E-state index contributed by atoms with van der Waals surface area (Å²) in [5.74, 6) is 1.07. The van der Waals surface area contributed by atoms with Gasteiger partial charge in [-0.05, 0) is 30.7 Å². The SMILES string of the molecule is CC(C1=CC2=NCC=CN2C=C1)N1CCNCC1. The van der Waals surface area contributed by atoms with E-state index in [1.165, 1.54) is 5.57 Å². The fraction of sp³-hybridized carbons (Fsp3) is 0.500. The largest absolute Gasteiger partial charge is 0.314 e. The van der Waals surface area contributed by atoms with Crippen molar-refractivity contribution in [3.05, 3.63) is 36.2 Å². The molecule has 4 nitrogen and oxygen atoms in total. The molecule has 0 amide bonds. The minimum atomic E-state index is 0.471. The van der Waals surface area contributed by atoms with Gasteiger partial charge in [-0.15, -0.1) is 0 Å². The average molecular weight is 244 g/mol. The number of aliphatic imine (C=N–C) groups is 1. The van der Waals surface area contributed by atoms with E-state index in [1.54, 1.807) is 0 Å². The zero-order valence-corrected chi connectivity index (χ0v) is 10.8. The number of amidine groups is 1. The summed E-state index contributed by atoms with van der Waals surface area (Å²) in [7, 11) is 0. The molecule has 1 N–H and O–H groups in total. The molecule has 0 aliphatic carbocycles. The molecule has 0 aromatic heterocycles. The number of piperazine rings is 1. The summed E-state index contributed by atoms with van der Waals surface area (Å²) in [6, 6.07) is 0.471. The van der Waals surface area contributed by atoms with Gasteiger partial charge in [-0.3, -0.25) is 9.89 Å². The van der Waals surface area contributed by atoms with Crippen molar-refractivity contribution in [3.8, 4) is 0 Å². The first-order valence-electron chi connectivity index (χ1n) is 6.68. The number of rotatable bonds is 2. The van der Waals surface area contributed by atoms with Gasteiger partial charge in [0.2, 0.25) is 0 Å². The van der Waals surface area contributed by atoms with Gasteiger partial charge < -0.3 is 10.2 Å². The predicted molar refractivity (Wildman–Crippen MR) is 74.4 cm³/mol. The highest BCUT2D eigenvalue weighted by atomic mass is 15.2. The Morgan fingerprint density at radius 1 is 1.28 bits per heavy atom.